The molecule has 0 bridgehead atoms. The number of amides is 2. The minimum atomic E-state index is -0.461. The Kier molecular flexibility index (Phi) is 4.43. The van der Waals surface area contributed by atoms with Crippen LogP contribution in [0.25, 0.3) is 0 Å². The molecular weight excluding hydrogens is 278 g/mol. The van der Waals surface area contributed by atoms with Gasteiger partial charge in [-0.1, -0.05) is 37.6 Å². The lowest BCUT2D eigenvalue weighted by atomic mass is 10.0. The lowest BCUT2D eigenvalue weighted by molar-refractivity contribution is -0.152. The minimum Gasteiger partial charge on any atom is -0.346 e. The fourth-order valence-electron chi connectivity index (χ4n) is 3.35. The third kappa shape index (κ3) is 3.14. The highest BCUT2D eigenvalue weighted by Crippen LogP contribution is 2.16. The van der Waals surface area contributed by atoms with Crippen molar-refractivity contribution in [3.05, 3.63) is 35.4 Å². The number of aryl methyl sites for hydroxylation is 1. The predicted octanol–water partition coefficient (Wildman–Crippen LogP) is 0.782. The van der Waals surface area contributed by atoms with Crippen LogP contribution in [0.4, 0.5) is 0 Å². The van der Waals surface area contributed by atoms with Crippen LogP contribution in [0, 0.1) is 0 Å². The molecule has 0 radical (unpaired) electrons. The molecule has 1 N–H and O–H groups in total. The van der Waals surface area contributed by atoms with E-state index in [1.165, 1.54) is 11.1 Å². The Balaban J connectivity index is 1.62. The SMILES string of the molecule is CCCc1cccc(CN2CCN3C(=O)C(=O)NC[C@@H]3C2)c1. The van der Waals surface area contributed by atoms with E-state index in [9.17, 15) is 9.59 Å². The summed E-state index contributed by atoms with van der Waals surface area (Å²) in [5.41, 5.74) is 2.71. The highest BCUT2D eigenvalue weighted by molar-refractivity contribution is 6.35. The number of carbonyl (C=O) groups excluding carboxylic acids is 2. The van der Waals surface area contributed by atoms with E-state index in [0.717, 1.165) is 32.5 Å². The normalized spacial score (nSPS) is 22.4. The second-order valence-corrected chi connectivity index (χ2v) is 6.17. The summed E-state index contributed by atoms with van der Waals surface area (Å²) in [4.78, 5) is 27.3. The Morgan fingerprint density at radius 2 is 2.05 bits per heavy atom. The van der Waals surface area contributed by atoms with Crippen molar-refractivity contribution in [1.29, 1.82) is 0 Å². The fraction of sp³-hybridized carbons (Fsp3) is 0.529. The number of carbonyl (C=O) groups is 2. The second-order valence-electron chi connectivity index (χ2n) is 6.17. The number of nitrogens with zero attached hydrogens (tertiary/aromatic N) is 2. The molecule has 0 aromatic heterocycles. The van der Waals surface area contributed by atoms with Crippen LogP contribution >= 0.6 is 0 Å². The molecule has 1 atom stereocenters. The summed E-state index contributed by atoms with van der Waals surface area (Å²) in [7, 11) is 0. The Morgan fingerprint density at radius 1 is 1.23 bits per heavy atom. The molecule has 2 saturated heterocycles. The zero-order chi connectivity index (χ0) is 15.5. The number of hydrogen-bond donors (Lipinski definition) is 1. The molecule has 0 aliphatic carbocycles. The van der Waals surface area contributed by atoms with Gasteiger partial charge in [-0.2, -0.15) is 0 Å². The first-order chi connectivity index (χ1) is 10.7. The van der Waals surface area contributed by atoms with Gasteiger partial charge in [-0.15, -0.1) is 0 Å². The van der Waals surface area contributed by atoms with Crippen LogP contribution in [-0.4, -0.2) is 53.8 Å². The summed E-state index contributed by atoms with van der Waals surface area (Å²) in [5.74, 6) is -0.835. The standard InChI is InChI=1S/C17H23N3O2/c1-2-4-13-5-3-6-14(9-13)11-19-7-8-20-15(12-19)10-18-16(21)17(20)22/h3,5-6,9,15H,2,4,7-8,10-12H2,1H3,(H,18,21)/t15-/m1/s1. The van der Waals surface area contributed by atoms with E-state index in [1.807, 2.05) is 0 Å². The largest absolute Gasteiger partial charge is 0.346 e. The molecule has 2 heterocycles. The molecule has 2 fully saturated rings. The fourth-order valence-corrected chi connectivity index (χ4v) is 3.35. The predicted molar refractivity (Wildman–Crippen MR) is 84.2 cm³/mol. The summed E-state index contributed by atoms with van der Waals surface area (Å²) >= 11 is 0. The van der Waals surface area contributed by atoms with Crippen molar-refractivity contribution in [1.82, 2.24) is 15.1 Å². The highest BCUT2D eigenvalue weighted by Gasteiger charge is 2.37. The van der Waals surface area contributed by atoms with Gasteiger partial charge in [0.05, 0.1) is 6.04 Å². The van der Waals surface area contributed by atoms with Crippen molar-refractivity contribution in [3.8, 4) is 0 Å². The van der Waals surface area contributed by atoms with Crippen LogP contribution < -0.4 is 5.32 Å². The van der Waals surface area contributed by atoms with Gasteiger partial charge in [-0.05, 0) is 17.5 Å². The summed E-state index contributed by atoms with van der Waals surface area (Å²) in [6.07, 6.45) is 2.27. The zero-order valence-corrected chi connectivity index (χ0v) is 13.0. The van der Waals surface area contributed by atoms with Crippen LogP contribution in [0.5, 0.6) is 0 Å². The lowest BCUT2D eigenvalue weighted by Crippen LogP contribution is -2.65. The smallest absolute Gasteiger partial charge is 0.312 e. The van der Waals surface area contributed by atoms with E-state index in [2.05, 4.69) is 41.4 Å². The Bertz CT molecular complexity index is 573. The van der Waals surface area contributed by atoms with E-state index >= 15 is 0 Å². The molecule has 0 spiro atoms. The highest BCUT2D eigenvalue weighted by atomic mass is 16.2. The van der Waals surface area contributed by atoms with Crippen LogP contribution in [0.1, 0.15) is 24.5 Å². The molecule has 2 aliphatic heterocycles. The number of nitrogens with one attached hydrogen (secondary N) is 1. The summed E-state index contributed by atoms with van der Waals surface area (Å²) in [5, 5.41) is 2.68. The van der Waals surface area contributed by atoms with Gasteiger partial charge in [-0.3, -0.25) is 14.5 Å². The van der Waals surface area contributed by atoms with E-state index < -0.39 is 5.91 Å². The van der Waals surface area contributed by atoms with Crippen molar-refractivity contribution in [3.63, 3.8) is 0 Å². The molecule has 2 amide bonds. The lowest BCUT2D eigenvalue weighted by Gasteiger charge is -2.43. The first-order valence-electron chi connectivity index (χ1n) is 8.06. The summed E-state index contributed by atoms with van der Waals surface area (Å²) < 4.78 is 0. The number of benzene rings is 1. The summed E-state index contributed by atoms with van der Waals surface area (Å²) in [6, 6.07) is 8.86. The molecule has 22 heavy (non-hydrogen) atoms. The maximum absolute atomic E-state index is 11.8. The molecule has 1 aromatic rings. The van der Waals surface area contributed by atoms with E-state index in [4.69, 9.17) is 0 Å². The van der Waals surface area contributed by atoms with Crippen molar-refractivity contribution in [2.45, 2.75) is 32.4 Å². The maximum atomic E-state index is 11.8. The molecule has 5 heteroatoms. The Labute approximate surface area is 131 Å². The molecular formula is C17H23N3O2. The molecule has 2 aliphatic rings. The Morgan fingerprint density at radius 3 is 2.86 bits per heavy atom. The third-order valence-electron chi connectivity index (χ3n) is 4.46. The summed E-state index contributed by atoms with van der Waals surface area (Å²) in [6.45, 7) is 5.96. The number of rotatable bonds is 4. The molecule has 3 rings (SSSR count). The van der Waals surface area contributed by atoms with Gasteiger partial charge in [0.2, 0.25) is 0 Å². The van der Waals surface area contributed by atoms with Gasteiger partial charge < -0.3 is 10.2 Å². The number of piperazine rings is 2. The van der Waals surface area contributed by atoms with Gasteiger partial charge in [0.1, 0.15) is 0 Å². The van der Waals surface area contributed by atoms with Gasteiger partial charge in [0, 0.05) is 32.7 Å². The van der Waals surface area contributed by atoms with E-state index in [-0.39, 0.29) is 11.9 Å². The monoisotopic (exact) mass is 301 g/mol. The number of fused-ring (bicyclic) bond motifs is 1. The van der Waals surface area contributed by atoms with Gasteiger partial charge in [0.15, 0.2) is 0 Å². The van der Waals surface area contributed by atoms with Gasteiger partial charge in [-0.25, -0.2) is 0 Å². The van der Waals surface area contributed by atoms with Crippen LogP contribution in [0.15, 0.2) is 24.3 Å². The average Bonchev–Trinajstić information content (AvgIpc) is 2.52. The van der Waals surface area contributed by atoms with E-state index in [1.54, 1.807) is 4.90 Å². The first kappa shape index (κ1) is 15.0. The Hall–Kier alpha value is -1.88. The van der Waals surface area contributed by atoms with Gasteiger partial charge in [0.25, 0.3) is 0 Å². The van der Waals surface area contributed by atoms with Gasteiger partial charge >= 0.3 is 11.8 Å². The zero-order valence-electron chi connectivity index (χ0n) is 13.0. The topological polar surface area (TPSA) is 52.7 Å². The van der Waals surface area contributed by atoms with Crippen LogP contribution in [0.2, 0.25) is 0 Å². The maximum Gasteiger partial charge on any atom is 0.312 e. The molecule has 0 unspecified atom stereocenters. The number of hydrogen-bond acceptors (Lipinski definition) is 3. The third-order valence-corrected chi connectivity index (χ3v) is 4.46. The first-order valence-corrected chi connectivity index (χ1v) is 8.06. The van der Waals surface area contributed by atoms with E-state index in [0.29, 0.717) is 13.1 Å². The van der Waals surface area contributed by atoms with Crippen molar-refractivity contribution in [2.24, 2.45) is 0 Å². The van der Waals surface area contributed by atoms with Crippen molar-refractivity contribution < 1.29 is 9.59 Å². The molecule has 1 aromatic carbocycles. The minimum absolute atomic E-state index is 0.109. The average molecular weight is 301 g/mol. The molecule has 118 valence electrons. The van der Waals surface area contributed by atoms with Crippen molar-refractivity contribution >= 4 is 11.8 Å². The van der Waals surface area contributed by atoms with Crippen LogP contribution in [0.3, 0.4) is 0 Å². The molecule has 5 nitrogen and oxygen atoms in total. The second kappa shape index (κ2) is 6.48. The van der Waals surface area contributed by atoms with Crippen molar-refractivity contribution in [2.75, 3.05) is 26.2 Å². The molecule has 0 saturated carbocycles. The van der Waals surface area contributed by atoms with Crippen LogP contribution in [-0.2, 0) is 22.6 Å². The quantitative estimate of drug-likeness (QED) is 0.836.